The minimum Gasteiger partial charge on any atom is -0.360 e. The second kappa shape index (κ2) is 6.18. The van der Waals surface area contributed by atoms with Gasteiger partial charge in [-0.2, -0.15) is 0 Å². The van der Waals surface area contributed by atoms with E-state index in [1.54, 1.807) is 6.07 Å². The highest BCUT2D eigenvalue weighted by molar-refractivity contribution is 5.92. The Morgan fingerprint density at radius 1 is 1.52 bits per heavy atom. The lowest BCUT2D eigenvalue weighted by Crippen LogP contribution is -2.46. The van der Waals surface area contributed by atoms with Gasteiger partial charge < -0.3 is 9.84 Å². The zero-order valence-electron chi connectivity index (χ0n) is 13.0. The standard InChI is InChI=1S/C16H25N3O2/c1-11-4-3-7-19(10-11)12(2)9-17-16(20)14-8-15(21-18-14)13-5-6-13/h8,11-13H,3-7,9-10H2,1-2H3,(H,17,20)/t11-,12-/m0/s1. The topological polar surface area (TPSA) is 58.4 Å². The van der Waals surface area contributed by atoms with Crippen LogP contribution < -0.4 is 5.32 Å². The second-order valence-corrected chi connectivity index (χ2v) is 6.69. The fourth-order valence-electron chi connectivity index (χ4n) is 3.04. The van der Waals surface area contributed by atoms with Crippen LogP contribution in [0.2, 0.25) is 0 Å². The van der Waals surface area contributed by atoms with Gasteiger partial charge in [-0.05, 0) is 45.1 Å². The van der Waals surface area contributed by atoms with Crippen molar-refractivity contribution in [3.63, 3.8) is 0 Å². The lowest BCUT2D eigenvalue weighted by atomic mass is 9.99. The number of nitrogens with one attached hydrogen (secondary N) is 1. The fraction of sp³-hybridized carbons (Fsp3) is 0.750. The number of aromatic nitrogens is 1. The van der Waals surface area contributed by atoms with Gasteiger partial charge in [-0.15, -0.1) is 0 Å². The van der Waals surface area contributed by atoms with Crippen LogP contribution in [-0.2, 0) is 0 Å². The largest absolute Gasteiger partial charge is 0.360 e. The molecular weight excluding hydrogens is 266 g/mol. The molecule has 116 valence electrons. The summed E-state index contributed by atoms with van der Waals surface area (Å²) < 4.78 is 5.23. The molecule has 21 heavy (non-hydrogen) atoms. The Balaban J connectivity index is 1.47. The molecule has 5 heteroatoms. The smallest absolute Gasteiger partial charge is 0.273 e. The minimum absolute atomic E-state index is 0.123. The quantitative estimate of drug-likeness (QED) is 0.905. The van der Waals surface area contributed by atoms with E-state index in [0.717, 1.165) is 37.6 Å². The van der Waals surface area contributed by atoms with Crippen molar-refractivity contribution in [3.05, 3.63) is 17.5 Å². The Morgan fingerprint density at radius 2 is 2.33 bits per heavy atom. The summed E-state index contributed by atoms with van der Waals surface area (Å²) in [5.41, 5.74) is 0.413. The summed E-state index contributed by atoms with van der Waals surface area (Å²) in [6.07, 6.45) is 4.88. The van der Waals surface area contributed by atoms with E-state index in [9.17, 15) is 4.79 Å². The first kappa shape index (κ1) is 14.6. The van der Waals surface area contributed by atoms with Crippen molar-refractivity contribution in [2.75, 3.05) is 19.6 Å². The normalized spacial score (nSPS) is 24.8. The predicted octanol–water partition coefficient (Wildman–Crippen LogP) is 2.40. The maximum atomic E-state index is 12.1. The van der Waals surface area contributed by atoms with Crippen molar-refractivity contribution in [2.45, 2.75) is 51.5 Å². The number of hydrogen-bond donors (Lipinski definition) is 1. The average molecular weight is 291 g/mol. The summed E-state index contributed by atoms with van der Waals surface area (Å²) >= 11 is 0. The van der Waals surface area contributed by atoms with Gasteiger partial charge >= 0.3 is 0 Å². The SMILES string of the molecule is C[C@H]1CCCN([C@@H](C)CNC(=O)c2cc(C3CC3)on2)C1. The highest BCUT2D eigenvalue weighted by atomic mass is 16.5. The van der Waals surface area contributed by atoms with Crippen LogP contribution in [0.3, 0.4) is 0 Å². The van der Waals surface area contributed by atoms with Crippen molar-refractivity contribution in [3.8, 4) is 0 Å². The number of rotatable bonds is 5. The van der Waals surface area contributed by atoms with Crippen LogP contribution in [0, 0.1) is 5.92 Å². The van der Waals surface area contributed by atoms with Gasteiger partial charge in [0.15, 0.2) is 5.69 Å². The molecule has 0 spiro atoms. The maximum absolute atomic E-state index is 12.1. The van der Waals surface area contributed by atoms with E-state index in [1.165, 1.54) is 12.8 Å². The number of nitrogens with zero attached hydrogens (tertiary/aromatic N) is 2. The van der Waals surface area contributed by atoms with Crippen LogP contribution in [0.15, 0.2) is 10.6 Å². The maximum Gasteiger partial charge on any atom is 0.273 e. The predicted molar refractivity (Wildman–Crippen MR) is 80.2 cm³/mol. The van der Waals surface area contributed by atoms with Crippen LogP contribution in [0.25, 0.3) is 0 Å². The Hall–Kier alpha value is -1.36. The Kier molecular flexibility index (Phi) is 4.29. The molecule has 1 aromatic rings. The molecule has 1 amide bonds. The van der Waals surface area contributed by atoms with Gasteiger partial charge in [-0.3, -0.25) is 9.69 Å². The first-order chi connectivity index (χ1) is 10.1. The Bertz CT molecular complexity index is 495. The summed E-state index contributed by atoms with van der Waals surface area (Å²) in [4.78, 5) is 14.6. The molecule has 0 aromatic carbocycles. The molecule has 0 radical (unpaired) electrons. The number of hydrogen-bond acceptors (Lipinski definition) is 4. The summed E-state index contributed by atoms with van der Waals surface area (Å²) in [5, 5.41) is 6.86. The van der Waals surface area contributed by atoms with E-state index >= 15 is 0 Å². The molecule has 5 nitrogen and oxygen atoms in total. The van der Waals surface area contributed by atoms with E-state index < -0.39 is 0 Å². The average Bonchev–Trinajstić information content (AvgIpc) is 3.22. The molecule has 3 rings (SSSR count). The third kappa shape index (κ3) is 3.64. The van der Waals surface area contributed by atoms with E-state index in [2.05, 4.69) is 29.2 Å². The molecule has 2 heterocycles. The van der Waals surface area contributed by atoms with E-state index in [0.29, 0.717) is 24.2 Å². The lowest BCUT2D eigenvalue weighted by molar-refractivity contribution is 0.0909. The molecule has 2 fully saturated rings. The molecule has 0 bridgehead atoms. The van der Waals surface area contributed by atoms with Crippen molar-refractivity contribution in [2.24, 2.45) is 5.92 Å². The summed E-state index contributed by atoms with van der Waals surface area (Å²) in [6.45, 7) is 7.41. The second-order valence-electron chi connectivity index (χ2n) is 6.69. The first-order valence-corrected chi connectivity index (χ1v) is 8.12. The molecule has 1 N–H and O–H groups in total. The van der Waals surface area contributed by atoms with Crippen LogP contribution in [0.5, 0.6) is 0 Å². The molecule has 1 aliphatic carbocycles. The van der Waals surface area contributed by atoms with Gasteiger partial charge in [0.05, 0.1) is 0 Å². The Morgan fingerprint density at radius 3 is 3.05 bits per heavy atom. The summed E-state index contributed by atoms with van der Waals surface area (Å²) in [7, 11) is 0. The number of carbonyl (C=O) groups is 1. The van der Waals surface area contributed by atoms with E-state index in [-0.39, 0.29) is 5.91 Å². The van der Waals surface area contributed by atoms with Crippen LogP contribution in [0.1, 0.15) is 61.7 Å². The van der Waals surface area contributed by atoms with Crippen molar-refractivity contribution >= 4 is 5.91 Å². The number of piperidine rings is 1. The van der Waals surface area contributed by atoms with Gasteiger partial charge in [-0.1, -0.05) is 12.1 Å². The summed E-state index contributed by atoms with van der Waals surface area (Å²) in [6, 6.07) is 2.16. The molecule has 2 atom stereocenters. The fourth-order valence-corrected chi connectivity index (χ4v) is 3.04. The van der Waals surface area contributed by atoms with Crippen molar-refractivity contribution < 1.29 is 9.32 Å². The molecular formula is C16H25N3O2. The molecule has 1 aromatic heterocycles. The third-order valence-electron chi connectivity index (χ3n) is 4.61. The zero-order valence-corrected chi connectivity index (χ0v) is 13.0. The van der Waals surface area contributed by atoms with E-state index in [4.69, 9.17) is 4.52 Å². The molecule has 1 saturated carbocycles. The molecule has 0 unspecified atom stereocenters. The highest BCUT2D eigenvalue weighted by Gasteiger charge is 2.29. The van der Waals surface area contributed by atoms with Gasteiger partial charge in [0.2, 0.25) is 0 Å². The number of likely N-dealkylation sites (tertiary alicyclic amines) is 1. The highest BCUT2D eigenvalue weighted by Crippen LogP contribution is 2.40. The summed E-state index contributed by atoms with van der Waals surface area (Å²) in [5.74, 6) is 1.99. The third-order valence-corrected chi connectivity index (χ3v) is 4.61. The van der Waals surface area contributed by atoms with E-state index in [1.807, 2.05) is 0 Å². The van der Waals surface area contributed by atoms with Crippen molar-refractivity contribution in [1.29, 1.82) is 0 Å². The minimum atomic E-state index is -0.123. The first-order valence-electron chi connectivity index (χ1n) is 8.12. The van der Waals surface area contributed by atoms with Crippen LogP contribution in [0.4, 0.5) is 0 Å². The van der Waals surface area contributed by atoms with Crippen LogP contribution in [-0.4, -0.2) is 41.6 Å². The number of amides is 1. The van der Waals surface area contributed by atoms with Gasteiger partial charge in [0.1, 0.15) is 5.76 Å². The molecule has 1 saturated heterocycles. The van der Waals surface area contributed by atoms with Crippen molar-refractivity contribution in [1.82, 2.24) is 15.4 Å². The zero-order chi connectivity index (χ0) is 14.8. The van der Waals surface area contributed by atoms with Gasteiger partial charge in [0, 0.05) is 31.1 Å². The van der Waals surface area contributed by atoms with Gasteiger partial charge in [-0.25, -0.2) is 0 Å². The number of carbonyl (C=O) groups excluding carboxylic acids is 1. The van der Waals surface area contributed by atoms with Gasteiger partial charge in [0.25, 0.3) is 5.91 Å². The van der Waals surface area contributed by atoms with Crippen LogP contribution >= 0.6 is 0 Å². The molecule has 2 aliphatic rings. The lowest BCUT2D eigenvalue weighted by Gasteiger charge is -2.35. The monoisotopic (exact) mass is 291 g/mol. The Labute approximate surface area is 126 Å². The molecule has 1 aliphatic heterocycles.